The fraction of sp³-hybridized carbons (Fsp3) is 0.818. The van der Waals surface area contributed by atoms with E-state index < -0.39 is 23.7 Å². The smallest absolute Gasteiger partial charge is 0.326 e. The third-order valence-electron chi connectivity index (χ3n) is 3.67. The maximum Gasteiger partial charge on any atom is 0.326 e. The first-order valence-electron chi connectivity index (χ1n) is 5.91. The van der Waals surface area contributed by atoms with Crippen molar-refractivity contribution in [3.63, 3.8) is 0 Å². The van der Waals surface area contributed by atoms with Crippen LogP contribution < -0.4 is 5.32 Å². The van der Waals surface area contributed by atoms with E-state index in [-0.39, 0.29) is 18.9 Å². The van der Waals surface area contributed by atoms with Crippen LogP contribution in [0.3, 0.4) is 0 Å². The Morgan fingerprint density at radius 3 is 2.71 bits per heavy atom. The Morgan fingerprint density at radius 2 is 2.18 bits per heavy atom. The summed E-state index contributed by atoms with van der Waals surface area (Å²) in [5, 5.41) is 21.7. The van der Waals surface area contributed by atoms with Gasteiger partial charge in [-0.1, -0.05) is 0 Å². The van der Waals surface area contributed by atoms with E-state index in [4.69, 9.17) is 5.11 Å². The number of aliphatic carboxylic acids is 1. The van der Waals surface area contributed by atoms with Crippen molar-refractivity contribution in [1.82, 2.24) is 10.2 Å². The second-order valence-corrected chi connectivity index (χ2v) is 5.06. The van der Waals surface area contributed by atoms with Gasteiger partial charge in [0.15, 0.2) is 0 Å². The predicted molar refractivity (Wildman–Crippen MR) is 59.4 cm³/mol. The Hall–Kier alpha value is -1.14. The first-order chi connectivity index (χ1) is 7.94. The van der Waals surface area contributed by atoms with Gasteiger partial charge in [-0.2, -0.15) is 0 Å². The van der Waals surface area contributed by atoms with Crippen LogP contribution in [-0.4, -0.2) is 57.8 Å². The zero-order chi connectivity index (χ0) is 12.6. The number of carbonyl (C=O) groups excluding carboxylic acids is 1. The molecule has 1 amide bonds. The van der Waals surface area contributed by atoms with Crippen molar-refractivity contribution in [2.75, 3.05) is 13.1 Å². The Kier molecular flexibility index (Phi) is 3.09. The van der Waals surface area contributed by atoms with Crippen molar-refractivity contribution in [2.24, 2.45) is 0 Å². The van der Waals surface area contributed by atoms with Gasteiger partial charge in [0.1, 0.15) is 6.04 Å². The number of carboxylic acid groups (broad SMARTS) is 1. The summed E-state index contributed by atoms with van der Waals surface area (Å²) >= 11 is 0. The van der Waals surface area contributed by atoms with E-state index in [1.165, 1.54) is 4.90 Å². The fourth-order valence-corrected chi connectivity index (χ4v) is 2.67. The third-order valence-corrected chi connectivity index (χ3v) is 3.67. The molecule has 0 aromatic carbocycles. The zero-order valence-corrected chi connectivity index (χ0v) is 9.85. The topological polar surface area (TPSA) is 89.9 Å². The van der Waals surface area contributed by atoms with Gasteiger partial charge in [0.2, 0.25) is 5.91 Å². The van der Waals surface area contributed by atoms with E-state index in [0.717, 1.165) is 13.0 Å². The van der Waals surface area contributed by atoms with Crippen LogP contribution in [0.25, 0.3) is 0 Å². The minimum absolute atomic E-state index is 0.118. The summed E-state index contributed by atoms with van der Waals surface area (Å²) in [5.74, 6) is -1.25. The molecule has 0 aliphatic carbocycles. The lowest BCUT2D eigenvalue weighted by Crippen LogP contribution is -2.55. The van der Waals surface area contributed by atoms with Crippen molar-refractivity contribution < 1.29 is 19.8 Å². The van der Waals surface area contributed by atoms with Gasteiger partial charge in [0.05, 0.1) is 11.6 Å². The largest absolute Gasteiger partial charge is 0.480 e. The highest BCUT2D eigenvalue weighted by Crippen LogP contribution is 2.26. The highest BCUT2D eigenvalue weighted by Gasteiger charge is 2.46. The standard InChI is InChI=1S/C11H18N2O4/c1-11(3-2-4-12-11)10(17)13-6-7(14)5-8(13)9(15)16/h7-8,12,14H,2-6H2,1H3,(H,15,16)/t7-,8-,11?/m1/s1. The molecular formula is C11H18N2O4. The Bertz CT molecular complexity index is 338. The molecule has 96 valence electrons. The molecule has 3 N–H and O–H groups in total. The molecule has 2 saturated heterocycles. The number of hydrogen-bond acceptors (Lipinski definition) is 4. The van der Waals surface area contributed by atoms with E-state index in [9.17, 15) is 14.7 Å². The van der Waals surface area contributed by atoms with Crippen molar-refractivity contribution in [1.29, 1.82) is 0 Å². The monoisotopic (exact) mass is 242 g/mol. The molecule has 2 rings (SSSR count). The summed E-state index contributed by atoms with van der Waals surface area (Å²) in [5.41, 5.74) is -0.669. The number of β-amino-alcohol motifs (C(OH)–C–C–N with tert-alkyl or cyclic N) is 1. The molecule has 2 aliphatic rings. The van der Waals surface area contributed by atoms with Crippen LogP contribution in [0, 0.1) is 0 Å². The molecule has 0 spiro atoms. The number of aliphatic hydroxyl groups excluding tert-OH is 1. The number of nitrogens with one attached hydrogen (secondary N) is 1. The minimum Gasteiger partial charge on any atom is -0.480 e. The summed E-state index contributed by atoms with van der Waals surface area (Å²) in [7, 11) is 0. The van der Waals surface area contributed by atoms with Crippen LogP contribution >= 0.6 is 0 Å². The van der Waals surface area contributed by atoms with Crippen LogP contribution in [0.5, 0.6) is 0 Å². The van der Waals surface area contributed by atoms with E-state index in [0.29, 0.717) is 6.42 Å². The third kappa shape index (κ3) is 2.14. The normalized spacial score (nSPS) is 37.4. The molecule has 0 bridgehead atoms. The van der Waals surface area contributed by atoms with Gasteiger partial charge in [-0.25, -0.2) is 4.79 Å². The first-order valence-corrected chi connectivity index (χ1v) is 5.91. The molecule has 1 unspecified atom stereocenters. The average molecular weight is 242 g/mol. The maximum atomic E-state index is 12.3. The van der Waals surface area contributed by atoms with Crippen LogP contribution in [0.15, 0.2) is 0 Å². The number of hydrogen-bond donors (Lipinski definition) is 3. The SMILES string of the molecule is CC1(C(=O)N2C[C@H](O)C[C@@H]2C(=O)O)CCCN1. The minimum atomic E-state index is -1.04. The van der Waals surface area contributed by atoms with Crippen molar-refractivity contribution in [3.05, 3.63) is 0 Å². The van der Waals surface area contributed by atoms with Crippen molar-refractivity contribution >= 4 is 11.9 Å². The summed E-state index contributed by atoms with van der Waals surface area (Å²) in [6.45, 7) is 2.69. The Morgan fingerprint density at radius 1 is 1.47 bits per heavy atom. The van der Waals surface area contributed by atoms with Gasteiger partial charge in [-0.05, 0) is 26.3 Å². The molecule has 2 fully saturated rings. The summed E-state index contributed by atoms with van der Waals surface area (Å²) in [4.78, 5) is 24.7. The summed E-state index contributed by atoms with van der Waals surface area (Å²) < 4.78 is 0. The lowest BCUT2D eigenvalue weighted by molar-refractivity contribution is -0.150. The highest BCUT2D eigenvalue weighted by molar-refractivity contribution is 5.90. The highest BCUT2D eigenvalue weighted by atomic mass is 16.4. The molecule has 0 aromatic rings. The van der Waals surface area contributed by atoms with Crippen LogP contribution in [-0.2, 0) is 9.59 Å². The fourth-order valence-electron chi connectivity index (χ4n) is 2.67. The van der Waals surface area contributed by atoms with Crippen LogP contribution in [0.1, 0.15) is 26.2 Å². The van der Waals surface area contributed by atoms with Gasteiger partial charge in [-0.3, -0.25) is 4.79 Å². The molecule has 6 nitrogen and oxygen atoms in total. The predicted octanol–water partition coefficient (Wildman–Crippen LogP) is -0.825. The van der Waals surface area contributed by atoms with E-state index in [2.05, 4.69) is 5.32 Å². The molecule has 0 aromatic heterocycles. The molecular weight excluding hydrogens is 224 g/mol. The van der Waals surface area contributed by atoms with Crippen molar-refractivity contribution in [2.45, 2.75) is 43.9 Å². The van der Waals surface area contributed by atoms with Crippen LogP contribution in [0.2, 0.25) is 0 Å². The van der Waals surface area contributed by atoms with Gasteiger partial charge in [0.25, 0.3) is 0 Å². The van der Waals surface area contributed by atoms with Gasteiger partial charge in [-0.15, -0.1) is 0 Å². The van der Waals surface area contributed by atoms with Crippen molar-refractivity contribution in [3.8, 4) is 0 Å². The second-order valence-electron chi connectivity index (χ2n) is 5.06. The number of carbonyl (C=O) groups is 2. The lowest BCUT2D eigenvalue weighted by Gasteiger charge is -2.31. The quantitative estimate of drug-likeness (QED) is 0.588. The van der Waals surface area contributed by atoms with Gasteiger partial charge >= 0.3 is 5.97 Å². The number of likely N-dealkylation sites (tertiary alicyclic amines) is 1. The Balaban J connectivity index is 2.15. The molecule has 0 radical (unpaired) electrons. The molecule has 6 heteroatoms. The number of carboxylic acids is 1. The Labute approximate surface area is 99.6 Å². The number of rotatable bonds is 2. The first kappa shape index (κ1) is 12.3. The average Bonchev–Trinajstić information content (AvgIpc) is 2.84. The molecule has 3 atom stereocenters. The van der Waals surface area contributed by atoms with E-state index in [1.54, 1.807) is 6.92 Å². The molecule has 2 heterocycles. The molecule has 0 saturated carbocycles. The molecule has 17 heavy (non-hydrogen) atoms. The number of nitrogens with zero attached hydrogens (tertiary/aromatic N) is 1. The second kappa shape index (κ2) is 4.27. The van der Waals surface area contributed by atoms with Gasteiger partial charge < -0.3 is 20.4 Å². The van der Waals surface area contributed by atoms with Crippen LogP contribution in [0.4, 0.5) is 0 Å². The van der Waals surface area contributed by atoms with E-state index in [1.807, 2.05) is 0 Å². The molecule has 2 aliphatic heterocycles. The summed E-state index contributed by atoms with van der Waals surface area (Å²) in [6.07, 6.45) is 1.02. The maximum absolute atomic E-state index is 12.3. The lowest BCUT2D eigenvalue weighted by atomic mass is 9.98. The summed E-state index contributed by atoms with van der Waals surface area (Å²) in [6, 6.07) is -0.892. The van der Waals surface area contributed by atoms with E-state index >= 15 is 0 Å². The zero-order valence-electron chi connectivity index (χ0n) is 9.85. The van der Waals surface area contributed by atoms with Gasteiger partial charge in [0, 0.05) is 13.0 Å². The number of amides is 1. The number of aliphatic hydroxyl groups is 1.